The Kier molecular flexibility index (Phi) is 7.85. The second-order valence-electron chi connectivity index (χ2n) is 3.81. The molecule has 4 atom stereocenters. The quantitative estimate of drug-likeness (QED) is 0.528. The van der Waals surface area contributed by atoms with Gasteiger partial charge in [-0.2, -0.15) is 0 Å². The molecule has 16 heavy (non-hydrogen) atoms. The van der Waals surface area contributed by atoms with Crippen LogP contribution in [0.2, 0.25) is 0 Å². The van der Waals surface area contributed by atoms with Crippen LogP contribution in [0.1, 0.15) is 13.8 Å². The molecule has 0 radical (unpaired) electrons. The predicted octanol–water partition coefficient (Wildman–Crippen LogP) is 0.488. The van der Waals surface area contributed by atoms with Crippen LogP contribution in [0.25, 0.3) is 0 Å². The van der Waals surface area contributed by atoms with Crippen molar-refractivity contribution in [3.63, 3.8) is 0 Å². The average Bonchev–Trinajstić information content (AvgIpc) is 2.31. The van der Waals surface area contributed by atoms with Crippen molar-refractivity contribution in [1.82, 2.24) is 5.06 Å². The van der Waals surface area contributed by atoms with Crippen molar-refractivity contribution < 1.29 is 19.5 Å². The lowest BCUT2D eigenvalue weighted by molar-refractivity contribution is -0.177. The van der Waals surface area contributed by atoms with Crippen molar-refractivity contribution in [2.45, 2.75) is 20.0 Å². The highest BCUT2D eigenvalue weighted by Gasteiger charge is 2.29. The third kappa shape index (κ3) is 4.74. The summed E-state index contributed by atoms with van der Waals surface area (Å²) in [6, 6.07) is 0. The molecule has 1 unspecified atom stereocenters. The van der Waals surface area contributed by atoms with E-state index in [9.17, 15) is 9.90 Å². The van der Waals surface area contributed by atoms with E-state index in [1.807, 2.05) is 6.92 Å². The molecule has 0 aliphatic rings. The van der Waals surface area contributed by atoms with Gasteiger partial charge in [-0.3, -0.25) is 9.63 Å². The second kappa shape index (κ2) is 7.96. The fraction of sp³-hybridized carbons (Fsp3) is 0.900. The number of carbonyl (C=O) groups is 1. The zero-order chi connectivity index (χ0) is 12.7. The third-order valence-corrected chi connectivity index (χ3v) is 2.80. The first-order valence-corrected chi connectivity index (χ1v) is 6.04. The van der Waals surface area contributed by atoms with Crippen LogP contribution < -0.4 is 0 Å². The first-order chi connectivity index (χ1) is 7.45. The van der Waals surface area contributed by atoms with Gasteiger partial charge in [-0.25, -0.2) is 5.06 Å². The Hall–Kier alpha value is -0.220. The Morgan fingerprint density at radius 3 is 2.50 bits per heavy atom. The van der Waals surface area contributed by atoms with Crippen molar-refractivity contribution in [1.29, 1.82) is 0 Å². The molecule has 5 nitrogen and oxygen atoms in total. The van der Waals surface area contributed by atoms with Gasteiger partial charge in [-0.15, -0.1) is 9.24 Å². The lowest BCUT2D eigenvalue weighted by atomic mass is 9.93. The van der Waals surface area contributed by atoms with Crippen molar-refractivity contribution in [2.24, 2.45) is 11.8 Å². The van der Waals surface area contributed by atoms with Crippen LogP contribution in [-0.2, 0) is 14.4 Å². The van der Waals surface area contributed by atoms with E-state index in [0.717, 1.165) is 5.06 Å². The number of amides is 1. The van der Waals surface area contributed by atoms with Gasteiger partial charge in [-0.05, 0) is 0 Å². The summed E-state index contributed by atoms with van der Waals surface area (Å²) < 4.78 is 5.18. The van der Waals surface area contributed by atoms with Crippen LogP contribution >= 0.6 is 9.24 Å². The summed E-state index contributed by atoms with van der Waals surface area (Å²) in [6.45, 7) is 3.96. The molecule has 0 fully saturated rings. The molecule has 0 aliphatic heterocycles. The lowest BCUT2D eigenvalue weighted by Gasteiger charge is -2.26. The van der Waals surface area contributed by atoms with Crippen LogP contribution in [0.3, 0.4) is 0 Å². The van der Waals surface area contributed by atoms with E-state index >= 15 is 0 Å². The number of hydrogen-bond acceptors (Lipinski definition) is 4. The average molecular weight is 251 g/mol. The molecule has 0 bridgehead atoms. The molecular weight excluding hydrogens is 229 g/mol. The summed E-state index contributed by atoms with van der Waals surface area (Å²) in [5.74, 6) is -0.842. The Labute approximate surface area is 99.3 Å². The fourth-order valence-corrected chi connectivity index (χ4v) is 1.50. The SMILES string of the molecule is CON(C)C(=O)[C@H](C)[C@@H](O)[C@@H](C)COCP. The number of aliphatic hydroxyl groups is 1. The number of hydroxylamine groups is 2. The van der Waals surface area contributed by atoms with E-state index in [2.05, 4.69) is 9.24 Å². The molecule has 0 heterocycles. The van der Waals surface area contributed by atoms with E-state index in [-0.39, 0.29) is 11.8 Å². The van der Waals surface area contributed by atoms with E-state index in [4.69, 9.17) is 9.57 Å². The largest absolute Gasteiger partial charge is 0.392 e. The van der Waals surface area contributed by atoms with Crippen LogP contribution in [0.15, 0.2) is 0 Å². The molecule has 1 N–H and O–H groups in total. The molecule has 96 valence electrons. The topological polar surface area (TPSA) is 59.0 Å². The summed E-state index contributed by atoms with van der Waals surface area (Å²) in [5, 5.41) is 11.1. The first kappa shape index (κ1) is 15.8. The molecule has 0 spiro atoms. The molecule has 0 aromatic heterocycles. The van der Waals surface area contributed by atoms with Gasteiger partial charge in [0.05, 0.1) is 32.1 Å². The molecular formula is C10H22NO4P. The first-order valence-electron chi connectivity index (χ1n) is 5.23. The van der Waals surface area contributed by atoms with Gasteiger partial charge in [0.1, 0.15) is 0 Å². The van der Waals surface area contributed by atoms with Crippen LogP contribution in [0.4, 0.5) is 0 Å². The monoisotopic (exact) mass is 251 g/mol. The van der Waals surface area contributed by atoms with Gasteiger partial charge in [0.2, 0.25) is 0 Å². The summed E-state index contributed by atoms with van der Waals surface area (Å²) in [6.07, 6.45) is -0.209. The number of rotatable bonds is 7. The Bertz CT molecular complexity index is 215. The highest BCUT2D eigenvalue weighted by atomic mass is 31.0. The highest BCUT2D eigenvalue weighted by Crippen LogP contribution is 2.16. The molecule has 0 aliphatic carbocycles. The van der Waals surface area contributed by atoms with Crippen LogP contribution in [0.5, 0.6) is 0 Å². The van der Waals surface area contributed by atoms with Crippen molar-refractivity contribution in [3.8, 4) is 0 Å². The van der Waals surface area contributed by atoms with E-state index in [1.54, 1.807) is 6.92 Å². The zero-order valence-corrected chi connectivity index (χ0v) is 11.5. The predicted molar refractivity (Wildman–Crippen MR) is 64.6 cm³/mol. The summed E-state index contributed by atoms with van der Waals surface area (Å²) in [7, 11) is 5.38. The minimum atomic E-state index is -0.735. The Morgan fingerprint density at radius 2 is 2.06 bits per heavy atom. The third-order valence-electron chi connectivity index (χ3n) is 2.57. The molecule has 0 aromatic rings. The van der Waals surface area contributed by atoms with E-state index in [0.29, 0.717) is 13.0 Å². The standard InChI is InChI=1S/C10H22NO4P/c1-7(5-15-6-16)9(12)8(2)10(13)11(3)14-4/h7-9,12H,5-6,16H2,1-4H3/t7-,8+,9-/m0/s1. The van der Waals surface area contributed by atoms with Crippen molar-refractivity contribution in [2.75, 3.05) is 27.1 Å². The highest BCUT2D eigenvalue weighted by molar-refractivity contribution is 7.16. The maximum absolute atomic E-state index is 11.7. The minimum absolute atomic E-state index is 0.0928. The van der Waals surface area contributed by atoms with Crippen molar-refractivity contribution >= 4 is 15.1 Å². The lowest BCUT2D eigenvalue weighted by Crippen LogP contribution is -2.40. The number of aliphatic hydroxyl groups excluding tert-OH is 1. The fourth-order valence-electron chi connectivity index (χ4n) is 1.37. The molecule has 6 heteroatoms. The second-order valence-corrected chi connectivity index (χ2v) is 4.15. The van der Waals surface area contributed by atoms with Gasteiger partial charge in [0.25, 0.3) is 5.91 Å². The van der Waals surface area contributed by atoms with E-state index in [1.165, 1.54) is 14.2 Å². The van der Waals surface area contributed by atoms with Crippen molar-refractivity contribution in [3.05, 3.63) is 0 Å². The molecule has 1 amide bonds. The summed E-state index contributed by atoms with van der Waals surface area (Å²) in [4.78, 5) is 16.5. The maximum Gasteiger partial charge on any atom is 0.251 e. The van der Waals surface area contributed by atoms with Gasteiger partial charge in [0, 0.05) is 13.0 Å². The van der Waals surface area contributed by atoms with Crippen LogP contribution in [-0.4, -0.2) is 49.3 Å². The van der Waals surface area contributed by atoms with Gasteiger partial charge in [0.15, 0.2) is 0 Å². The van der Waals surface area contributed by atoms with Gasteiger partial charge in [-0.1, -0.05) is 13.8 Å². The molecule has 0 saturated heterocycles. The maximum atomic E-state index is 11.7. The number of ether oxygens (including phenoxy) is 1. The van der Waals surface area contributed by atoms with E-state index < -0.39 is 12.0 Å². The normalized spacial score (nSPS) is 16.6. The summed E-state index contributed by atoms with van der Waals surface area (Å²) in [5.41, 5.74) is 0. The molecule has 0 rings (SSSR count). The smallest absolute Gasteiger partial charge is 0.251 e. The minimum Gasteiger partial charge on any atom is -0.392 e. The van der Waals surface area contributed by atoms with Gasteiger partial charge >= 0.3 is 0 Å². The Balaban J connectivity index is 4.25. The zero-order valence-electron chi connectivity index (χ0n) is 10.3. The molecule has 0 saturated carbocycles. The van der Waals surface area contributed by atoms with Gasteiger partial charge < -0.3 is 9.84 Å². The Morgan fingerprint density at radius 1 is 1.50 bits per heavy atom. The number of hydrogen-bond donors (Lipinski definition) is 1. The number of nitrogens with zero attached hydrogens (tertiary/aromatic N) is 1. The summed E-state index contributed by atoms with van der Waals surface area (Å²) >= 11 is 0. The van der Waals surface area contributed by atoms with Crippen LogP contribution in [0, 0.1) is 11.8 Å². The number of carbonyl (C=O) groups excluding carboxylic acids is 1. The molecule has 0 aromatic carbocycles.